The number of nitrogens with one attached hydrogen (secondary N) is 1. The Morgan fingerprint density at radius 1 is 0.966 bits per heavy atom. The van der Waals surface area contributed by atoms with Crippen LogP contribution in [0.1, 0.15) is 26.3 Å². The van der Waals surface area contributed by atoms with Gasteiger partial charge < -0.3 is 4.74 Å². The van der Waals surface area contributed by atoms with Gasteiger partial charge in [0.1, 0.15) is 5.75 Å². The first-order valence-corrected chi connectivity index (χ1v) is 10.3. The van der Waals surface area contributed by atoms with Gasteiger partial charge in [-0.05, 0) is 48.5 Å². The second kappa shape index (κ2) is 9.82. The summed E-state index contributed by atoms with van der Waals surface area (Å²) in [6.45, 7) is 0. The lowest BCUT2D eigenvalue weighted by molar-refractivity contribution is 0.0734. The molecule has 3 aromatic rings. The number of carbonyl (C=O) groups excluding carboxylic acids is 2. The summed E-state index contributed by atoms with van der Waals surface area (Å²) in [5.74, 6) is -0.684. The van der Waals surface area contributed by atoms with Gasteiger partial charge >= 0.3 is 5.97 Å². The Kier molecular flexibility index (Phi) is 7.19. The quantitative estimate of drug-likeness (QED) is 0.193. The predicted molar refractivity (Wildman–Crippen MR) is 120 cm³/mol. The van der Waals surface area contributed by atoms with Crippen molar-refractivity contribution in [2.24, 2.45) is 5.10 Å². The third-order valence-electron chi connectivity index (χ3n) is 3.72. The van der Waals surface area contributed by atoms with Crippen LogP contribution in [0.3, 0.4) is 0 Å². The number of carbonyl (C=O) groups is 2. The average Bonchev–Trinajstić information content (AvgIpc) is 2.70. The Labute approximate surface area is 189 Å². The molecule has 0 atom stereocenters. The smallest absolute Gasteiger partial charge is 0.345 e. The van der Waals surface area contributed by atoms with Crippen LogP contribution in [0.2, 0.25) is 5.02 Å². The van der Waals surface area contributed by atoms with Crippen LogP contribution < -0.4 is 10.2 Å². The van der Waals surface area contributed by atoms with Crippen LogP contribution in [0.25, 0.3) is 0 Å². The highest BCUT2D eigenvalue weighted by atomic mass is 79.9. The number of hydrogen-bond donors (Lipinski definition) is 1. The molecular weight excluding hydrogens is 524 g/mol. The molecule has 0 fully saturated rings. The molecular formula is C21H13Br2ClN2O3. The van der Waals surface area contributed by atoms with E-state index in [9.17, 15) is 9.59 Å². The van der Waals surface area contributed by atoms with Crippen LogP contribution in [-0.2, 0) is 0 Å². The Balaban J connectivity index is 1.76. The summed E-state index contributed by atoms with van der Waals surface area (Å²) < 4.78 is 7.02. The lowest BCUT2D eigenvalue weighted by Crippen LogP contribution is -2.17. The molecule has 1 amide bonds. The van der Waals surface area contributed by atoms with Crippen LogP contribution in [0.4, 0.5) is 0 Å². The third-order valence-corrected chi connectivity index (χ3v) is 5.04. The van der Waals surface area contributed by atoms with E-state index in [0.29, 0.717) is 16.1 Å². The second-order valence-corrected chi connectivity index (χ2v) is 8.00. The zero-order valence-corrected chi connectivity index (χ0v) is 18.7. The van der Waals surface area contributed by atoms with Gasteiger partial charge in [0.2, 0.25) is 0 Å². The number of hydrazone groups is 1. The number of esters is 1. The maximum absolute atomic E-state index is 12.4. The monoisotopic (exact) mass is 534 g/mol. The van der Waals surface area contributed by atoms with Gasteiger partial charge in [-0.1, -0.05) is 61.7 Å². The van der Waals surface area contributed by atoms with E-state index in [1.54, 1.807) is 60.7 Å². The minimum Gasteiger partial charge on any atom is -0.422 e. The maximum Gasteiger partial charge on any atom is 0.345 e. The van der Waals surface area contributed by atoms with Gasteiger partial charge in [-0.15, -0.1) is 0 Å². The number of hydrogen-bond acceptors (Lipinski definition) is 4. The summed E-state index contributed by atoms with van der Waals surface area (Å²) in [6, 6.07) is 18.6. The molecule has 0 saturated carbocycles. The SMILES string of the molecule is O=C(N/N=C\c1cc(Br)ccc1OC(=O)c1ccccc1Cl)c1cccc(Br)c1. The largest absolute Gasteiger partial charge is 0.422 e. The van der Waals surface area contributed by atoms with Crippen LogP contribution in [0.5, 0.6) is 5.75 Å². The third kappa shape index (κ3) is 5.76. The summed E-state index contributed by atoms with van der Waals surface area (Å²) in [6.07, 6.45) is 1.40. The molecule has 0 saturated heterocycles. The molecule has 5 nitrogen and oxygen atoms in total. The van der Waals surface area contributed by atoms with Crippen LogP contribution in [0.15, 0.2) is 80.8 Å². The first-order valence-electron chi connectivity index (χ1n) is 8.29. The Bertz CT molecular complexity index is 1100. The molecule has 0 radical (unpaired) electrons. The van der Waals surface area contributed by atoms with E-state index >= 15 is 0 Å². The number of halogens is 3. The number of nitrogens with zero attached hydrogens (tertiary/aromatic N) is 1. The zero-order valence-electron chi connectivity index (χ0n) is 14.7. The van der Waals surface area contributed by atoms with E-state index in [4.69, 9.17) is 16.3 Å². The fraction of sp³-hybridized carbons (Fsp3) is 0. The topological polar surface area (TPSA) is 67.8 Å². The molecule has 0 aliphatic carbocycles. The molecule has 0 aromatic heterocycles. The first kappa shape index (κ1) is 21.2. The van der Waals surface area contributed by atoms with Crippen molar-refractivity contribution in [3.05, 3.63) is 97.4 Å². The highest BCUT2D eigenvalue weighted by Crippen LogP contribution is 2.24. The number of benzene rings is 3. The molecule has 3 aromatic carbocycles. The van der Waals surface area contributed by atoms with E-state index in [0.717, 1.165) is 8.95 Å². The van der Waals surface area contributed by atoms with Gasteiger partial charge in [-0.3, -0.25) is 4.79 Å². The minimum atomic E-state index is -0.592. The Morgan fingerprint density at radius 2 is 1.72 bits per heavy atom. The predicted octanol–water partition coefficient (Wildman–Crippen LogP) is 5.85. The Hall–Kier alpha value is -2.48. The van der Waals surface area contributed by atoms with Gasteiger partial charge in [0.15, 0.2) is 0 Å². The van der Waals surface area contributed by atoms with Gasteiger partial charge in [0.25, 0.3) is 5.91 Å². The lowest BCUT2D eigenvalue weighted by atomic mass is 10.2. The second-order valence-electron chi connectivity index (χ2n) is 5.76. The van der Waals surface area contributed by atoms with Crippen molar-refractivity contribution < 1.29 is 14.3 Å². The van der Waals surface area contributed by atoms with Crippen molar-refractivity contribution in [1.29, 1.82) is 0 Å². The van der Waals surface area contributed by atoms with Crippen molar-refractivity contribution in [2.75, 3.05) is 0 Å². The van der Waals surface area contributed by atoms with Gasteiger partial charge in [0.05, 0.1) is 16.8 Å². The number of amides is 1. The van der Waals surface area contributed by atoms with Crippen LogP contribution in [-0.4, -0.2) is 18.1 Å². The molecule has 0 bridgehead atoms. The van der Waals surface area contributed by atoms with Crippen molar-refractivity contribution in [3.8, 4) is 5.75 Å². The van der Waals surface area contributed by atoms with Crippen molar-refractivity contribution in [1.82, 2.24) is 5.43 Å². The van der Waals surface area contributed by atoms with Gasteiger partial charge in [0, 0.05) is 20.1 Å². The molecule has 8 heteroatoms. The fourth-order valence-corrected chi connectivity index (χ4v) is 3.34. The highest BCUT2D eigenvalue weighted by Gasteiger charge is 2.14. The molecule has 1 N–H and O–H groups in total. The molecule has 146 valence electrons. The summed E-state index contributed by atoms with van der Waals surface area (Å²) in [5, 5.41) is 4.27. The van der Waals surface area contributed by atoms with Crippen molar-refractivity contribution >= 4 is 61.6 Å². The van der Waals surface area contributed by atoms with Crippen molar-refractivity contribution in [3.63, 3.8) is 0 Å². The van der Waals surface area contributed by atoms with Crippen molar-refractivity contribution in [2.45, 2.75) is 0 Å². The Morgan fingerprint density at radius 3 is 2.48 bits per heavy atom. The summed E-state index contributed by atoms with van der Waals surface area (Å²) in [5.41, 5.74) is 3.65. The minimum absolute atomic E-state index is 0.253. The summed E-state index contributed by atoms with van der Waals surface area (Å²) >= 11 is 12.7. The van der Waals surface area contributed by atoms with Crippen LogP contribution in [0, 0.1) is 0 Å². The van der Waals surface area contributed by atoms with Gasteiger partial charge in [-0.25, -0.2) is 10.2 Å². The van der Waals surface area contributed by atoms with E-state index in [-0.39, 0.29) is 17.2 Å². The van der Waals surface area contributed by atoms with E-state index in [1.165, 1.54) is 6.21 Å². The van der Waals surface area contributed by atoms with E-state index < -0.39 is 5.97 Å². The normalized spacial score (nSPS) is 10.7. The fourth-order valence-electron chi connectivity index (χ4n) is 2.35. The average molecular weight is 537 g/mol. The maximum atomic E-state index is 12.4. The van der Waals surface area contributed by atoms with Crippen LogP contribution >= 0.6 is 43.5 Å². The molecule has 0 unspecified atom stereocenters. The van der Waals surface area contributed by atoms with Gasteiger partial charge in [-0.2, -0.15) is 5.10 Å². The zero-order chi connectivity index (χ0) is 20.8. The number of ether oxygens (including phenoxy) is 1. The molecule has 3 rings (SSSR count). The lowest BCUT2D eigenvalue weighted by Gasteiger charge is -2.09. The molecule has 0 spiro atoms. The van der Waals surface area contributed by atoms with E-state index in [1.807, 2.05) is 6.07 Å². The van der Waals surface area contributed by atoms with E-state index in [2.05, 4.69) is 42.4 Å². The first-order chi connectivity index (χ1) is 13.9. The molecule has 0 aliphatic rings. The standard InChI is InChI=1S/C21H13Br2ClN2O3/c22-15-5-3-4-13(10-15)20(27)26-25-12-14-11-16(23)8-9-19(14)29-21(28)17-6-1-2-7-18(17)24/h1-12H,(H,26,27)/b25-12-. The molecule has 0 aliphatic heterocycles. The number of rotatable bonds is 5. The molecule has 0 heterocycles. The molecule has 29 heavy (non-hydrogen) atoms. The summed E-state index contributed by atoms with van der Waals surface area (Å²) in [7, 11) is 0. The highest BCUT2D eigenvalue weighted by molar-refractivity contribution is 9.10. The summed E-state index contributed by atoms with van der Waals surface area (Å²) in [4.78, 5) is 24.6.